The third-order valence-electron chi connectivity index (χ3n) is 4.51. The molecule has 0 amide bonds. The van der Waals surface area contributed by atoms with Crippen LogP contribution in [0.5, 0.6) is 11.5 Å². The quantitative estimate of drug-likeness (QED) is 0.296. The molecule has 154 valence electrons. The van der Waals surface area contributed by atoms with E-state index in [0.29, 0.717) is 16.5 Å². The van der Waals surface area contributed by atoms with Crippen LogP contribution in [0.2, 0.25) is 5.02 Å². The van der Waals surface area contributed by atoms with Crippen molar-refractivity contribution >= 4 is 50.7 Å². The van der Waals surface area contributed by atoms with E-state index in [4.69, 9.17) is 26.1 Å². The van der Waals surface area contributed by atoms with Gasteiger partial charge in [-0.1, -0.05) is 66.2 Å². The van der Waals surface area contributed by atoms with E-state index in [1.165, 1.54) is 22.5 Å². The van der Waals surface area contributed by atoms with Gasteiger partial charge >= 0.3 is 0 Å². The van der Waals surface area contributed by atoms with Crippen molar-refractivity contribution in [1.29, 1.82) is 0 Å². The SMILES string of the molecule is Br.COc1cc(Nc2nc(-c3ccc(-c4ccccc4)cc3)cs2)c(OC)cc1Cl. The number of anilines is 2. The van der Waals surface area contributed by atoms with Crippen molar-refractivity contribution in [2.75, 3.05) is 19.5 Å². The van der Waals surface area contributed by atoms with E-state index in [2.05, 4.69) is 41.7 Å². The minimum atomic E-state index is 0. The van der Waals surface area contributed by atoms with Gasteiger partial charge in [0.15, 0.2) is 5.13 Å². The summed E-state index contributed by atoms with van der Waals surface area (Å²) in [4.78, 5) is 4.71. The first-order valence-corrected chi connectivity index (χ1v) is 10.2. The Kier molecular flexibility index (Phi) is 7.37. The predicted octanol–water partition coefficient (Wildman–Crippen LogP) is 7.47. The molecule has 0 spiro atoms. The van der Waals surface area contributed by atoms with Crippen molar-refractivity contribution in [2.24, 2.45) is 0 Å². The number of halogens is 2. The summed E-state index contributed by atoms with van der Waals surface area (Å²) in [5.41, 5.74) is 5.10. The number of ether oxygens (including phenoxy) is 2. The Bertz CT molecular complexity index is 1120. The Labute approximate surface area is 195 Å². The number of benzene rings is 3. The monoisotopic (exact) mass is 502 g/mol. The lowest BCUT2D eigenvalue weighted by molar-refractivity contribution is 0.405. The zero-order valence-corrected chi connectivity index (χ0v) is 19.7. The van der Waals surface area contributed by atoms with E-state index in [9.17, 15) is 0 Å². The molecule has 0 fully saturated rings. The second kappa shape index (κ2) is 9.98. The average molecular weight is 504 g/mol. The van der Waals surface area contributed by atoms with Crippen LogP contribution >= 0.6 is 39.9 Å². The molecule has 0 atom stereocenters. The highest BCUT2D eigenvalue weighted by atomic mass is 79.9. The molecule has 1 aromatic heterocycles. The van der Waals surface area contributed by atoms with Gasteiger partial charge in [0.2, 0.25) is 0 Å². The van der Waals surface area contributed by atoms with Crippen molar-refractivity contribution in [2.45, 2.75) is 0 Å². The van der Waals surface area contributed by atoms with Crippen LogP contribution in [0.25, 0.3) is 22.4 Å². The number of aromatic nitrogens is 1. The van der Waals surface area contributed by atoms with Gasteiger partial charge in [-0.2, -0.15) is 0 Å². The van der Waals surface area contributed by atoms with Crippen molar-refractivity contribution in [3.8, 4) is 33.9 Å². The van der Waals surface area contributed by atoms with Gasteiger partial charge in [-0.05, 0) is 11.1 Å². The molecule has 0 saturated heterocycles. The first-order chi connectivity index (χ1) is 14.2. The van der Waals surface area contributed by atoms with Crippen molar-refractivity contribution in [3.05, 3.63) is 77.1 Å². The molecule has 30 heavy (non-hydrogen) atoms. The summed E-state index contributed by atoms with van der Waals surface area (Å²) >= 11 is 7.70. The summed E-state index contributed by atoms with van der Waals surface area (Å²) in [5.74, 6) is 1.20. The number of hydrogen-bond donors (Lipinski definition) is 1. The molecular formula is C23H20BrClN2O2S. The fourth-order valence-corrected chi connectivity index (χ4v) is 3.96. The molecule has 0 aliphatic heterocycles. The lowest BCUT2D eigenvalue weighted by Gasteiger charge is -2.12. The molecule has 4 rings (SSSR count). The van der Waals surface area contributed by atoms with Crippen LogP contribution in [0.1, 0.15) is 0 Å². The summed E-state index contributed by atoms with van der Waals surface area (Å²) < 4.78 is 10.7. The molecule has 0 aliphatic rings. The van der Waals surface area contributed by atoms with E-state index in [-0.39, 0.29) is 17.0 Å². The summed E-state index contributed by atoms with van der Waals surface area (Å²) in [5, 5.41) is 6.58. The maximum atomic E-state index is 6.18. The minimum Gasteiger partial charge on any atom is -0.495 e. The minimum absolute atomic E-state index is 0. The molecule has 4 nitrogen and oxygen atoms in total. The third kappa shape index (κ3) is 4.78. The highest BCUT2D eigenvalue weighted by Gasteiger charge is 2.12. The van der Waals surface area contributed by atoms with Crippen LogP contribution in [0.4, 0.5) is 10.8 Å². The van der Waals surface area contributed by atoms with Crippen molar-refractivity contribution < 1.29 is 9.47 Å². The number of nitrogens with one attached hydrogen (secondary N) is 1. The lowest BCUT2D eigenvalue weighted by atomic mass is 10.0. The van der Waals surface area contributed by atoms with Crippen molar-refractivity contribution in [1.82, 2.24) is 4.98 Å². The van der Waals surface area contributed by atoms with Crippen LogP contribution in [0.15, 0.2) is 72.1 Å². The molecule has 0 bridgehead atoms. The molecular weight excluding hydrogens is 484 g/mol. The highest BCUT2D eigenvalue weighted by molar-refractivity contribution is 8.93. The average Bonchev–Trinajstić information content (AvgIpc) is 3.24. The van der Waals surface area contributed by atoms with Gasteiger partial charge in [-0.15, -0.1) is 28.3 Å². The third-order valence-corrected chi connectivity index (χ3v) is 5.56. The Balaban J connectivity index is 0.00000256. The number of thiazole rings is 1. The van der Waals surface area contributed by atoms with E-state index in [0.717, 1.165) is 22.1 Å². The van der Waals surface area contributed by atoms with Crippen LogP contribution in [-0.4, -0.2) is 19.2 Å². The molecule has 0 unspecified atom stereocenters. The number of methoxy groups -OCH3 is 2. The fraction of sp³-hybridized carbons (Fsp3) is 0.0870. The Morgan fingerprint density at radius 2 is 1.47 bits per heavy atom. The maximum Gasteiger partial charge on any atom is 0.187 e. The van der Waals surface area contributed by atoms with Gasteiger partial charge in [0.25, 0.3) is 0 Å². The van der Waals surface area contributed by atoms with Gasteiger partial charge in [-0.25, -0.2) is 4.98 Å². The zero-order chi connectivity index (χ0) is 20.2. The van der Waals surface area contributed by atoms with Crippen LogP contribution in [0.3, 0.4) is 0 Å². The van der Waals surface area contributed by atoms with Gasteiger partial charge in [-0.3, -0.25) is 0 Å². The van der Waals surface area contributed by atoms with E-state index in [1.54, 1.807) is 26.4 Å². The van der Waals surface area contributed by atoms with Gasteiger partial charge < -0.3 is 14.8 Å². The second-order valence-corrected chi connectivity index (χ2v) is 7.56. The first-order valence-electron chi connectivity index (χ1n) is 8.98. The number of hydrogen-bond acceptors (Lipinski definition) is 5. The standard InChI is InChI=1S/C23H19ClN2O2S.BrH/c1-27-21-13-19(22(28-2)12-18(21)24)25-23-26-20(14-29-23)17-10-8-16(9-11-17)15-6-4-3-5-7-15;/h3-14H,1-2H3,(H,25,26);1H. The molecule has 0 radical (unpaired) electrons. The van der Waals surface area contributed by atoms with E-state index >= 15 is 0 Å². The molecule has 0 aliphatic carbocycles. The number of rotatable bonds is 6. The van der Waals surface area contributed by atoms with Gasteiger partial charge in [0.1, 0.15) is 11.5 Å². The molecule has 7 heteroatoms. The summed E-state index contributed by atoms with van der Waals surface area (Å²) in [7, 11) is 3.18. The lowest BCUT2D eigenvalue weighted by Crippen LogP contribution is -1.96. The predicted molar refractivity (Wildman–Crippen MR) is 131 cm³/mol. The zero-order valence-electron chi connectivity index (χ0n) is 16.4. The van der Waals surface area contributed by atoms with Crippen LogP contribution in [0, 0.1) is 0 Å². The number of nitrogens with zero attached hydrogens (tertiary/aromatic N) is 1. The Morgan fingerprint density at radius 3 is 2.13 bits per heavy atom. The van der Waals surface area contributed by atoms with E-state index in [1.807, 2.05) is 23.6 Å². The summed E-state index contributed by atoms with van der Waals surface area (Å²) in [6, 6.07) is 22.3. The summed E-state index contributed by atoms with van der Waals surface area (Å²) in [6.07, 6.45) is 0. The first kappa shape index (κ1) is 22.2. The molecule has 1 N–H and O–H groups in total. The van der Waals surface area contributed by atoms with Gasteiger partial charge in [0.05, 0.1) is 30.6 Å². The van der Waals surface area contributed by atoms with Crippen LogP contribution < -0.4 is 14.8 Å². The molecule has 3 aromatic carbocycles. The van der Waals surface area contributed by atoms with Gasteiger partial charge in [0, 0.05) is 23.1 Å². The Morgan fingerprint density at radius 1 is 0.833 bits per heavy atom. The van der Waals surface area contributed by atoms with E-state index < -0.39 is 0 Å². The normalized spacial score (nSPS) is 10.2. The topological polar surface area (TPSA) is 43.4 Å². The van der Waals surface area contributed by atoms with Crippen molar-refractivity contribution in [3.63, 3.8) is 0 Å². The molecule has 0 saturated carbocycles. The Hall–Kier alpha value is -2.54. The fourth-order valence-electron chi connectivity index (χ4n) is 3.00. The molecule has 4 aromatic rings. The second-order valence-electron chi connectivity index (χ2n) is 6.29. The van der Waals surface area contributed by atoms with Crippen LogP contribution in [-0.2, 0) is 0 Å². The largest absolute Gasteiger partial charge is 0.495 e. The molecule has 1 heterocycles. The smallest absolute Gasteiger partial charge is 0.187 e. The summed E-state index contributed by atoms with van der Waals surface area (Å²) in [6.45, 7) is 0. The highest BCUT2D eigenvalue weighted by Crippen LogP contribution is 2.38. The maximum absolute atomic E-state index is 6.18.